The minimum atomic E-state index is -1.41. The molecule has 0 aliphatic heterocycles. The maximum atomic E-state index is 12.1. The Morgan fingerprint density at radius 3 is 2.71 bits per heavy atom. The third-order valence-electron chi connectivity index (χ3n) is 2.90. The number of ether oxygens (including phenoxy) is 1. The zero-order chi connectivity index (χ0) is 18.1. The molecule has 0 saturated carbocycles. The van der Waals surface area contributed by atoms with Crippen molar-refractivity contribution >= 4 is 35.2 Å². The predicted molar refractivity (Wildman–Crippen MR) is 86.4 cm³/mol. The third-order valence-corrected chi connectivity index (χ3v) is 3.82. The Labute approximate surface area is 143 Å². The summed E-state index contributed by atoms with van der Waals surface area (Å²) in [6, 6.07) is 2.19. The van der Waals surface area contributed by atoms with Gasteiger partial charge in [-0.15, -0.1) is 11.3 Å². The number of amides is 1. The van der Waals surface area contributed by atoms with E-state index in [2.05, 4.69) is 10.1 Å². The first kappa shape index (κ1) is 19.7. The molecule has 9 heteroatoms. The number of aliphatic hydroxyl groups is 1. The summed E-state index contributed by atoms with van der Waals surface area (Å²) < 4.78 is 5.05. The smallest absolute Gasteiger partial charge is 0.328 e. The first-order valence-corrected chi connectivity index (χ1v) is 8.15. The van der Waals surface area contributed by atoms with Crippen LogP contribution in [0.25, 0.3) is 5.53 Å². The number of Topliss-reactive ketones (excluding diaryl/α,β-unsaturated/α-hetero) is 1. The predicted octanol–water partition coefficient (Wildman–Crippen LogP) is 0.868. The molecule has 2 atom stereocenters. The number of thiophene rings is 1. The highest BCUT2D eigenvalue weighted by Crippen LogP contribution is 2.19. The van der Waals surface area contributed by atoms with Gasteiger partial charge in [-0.25, -0.2) is 4.79 Å². The fraction of sp³-hybridized carbons (Fsp3) is 0.467. The Bertz CT molecular complexity index is 623. The number of esters is 1. The number of nitrogens with one attached hydrogen (secondary N) is 1. The summed E-state index contributed by atoms with van der Waals surface area (Å²) in [5.74, 6) is -1.97. The molecule has 0 aliphatic carbocycles. The molecule has 8 nitrogen and oxygen atoms in total. The average molecular weight is 353 g/mol. The number of nitrogens with zero attached hydrogens (tertiary/aromatic N) is 2. The van der Waals surface area contributed by atoms with E-state index in [1.54, 1.807) is 31.4 Å². The molecule has 0 unspecified atom stereocenters. The first-order chi connectivity index (χ1) is 11.3. The van der Waals surface area contributed by atoms with Gasteiger partial charge in [-0.3, -0.25) is 9.59 Å². The molecule has 0 bridgehead atoms. The Morgan fingerprint density at radius 1 is 1.46 bits per heavy atom. The molecule has 0 radical (unpaired) electrons. The van der Waals surface area contributed by atoms with Crippen molar-refractivity contribution in [3.05, 3.63) is 27.9 Å². The maximum absolute atomic E-state index is 12.1. The van der Waals surface area contributed by atoms with Crippen LogP contribution in [0.5, 0.6) is 0 Å². The number of hydrogen-bond donors (Lipinski definition) is 2. The van der Waals surface area contributed by atoms with Crippen LogP contribution in [0.4, 0.5) is 0 Å². The second-order valence-corrected chi connectivity index (χ2v) is 6.19. The fourth-order valence-corrected chi connectivity index (χ4v) is 2.51. The lowest BCUT2D eigenvalue weighted by Crippen LogP contribution is -2.44. The molecule has 0 fully saturated rings. The van der Waals surface area contributed by atoms with Crippen LogP contribution in [0.1, 0.15) is 37.7 Å². The highest BCUT2D eigenvalue weighted by Gasteiger charge is 2.28. The molecule has 24 heavy (non-hydrogen) atoms. The summed E-state index contributed by atoms with van der Waals surface area (Å²) in [5.41, 5.74) is 8.31. The van der Waals surface area contributed by atoms with Gasteiger partial charge in [0.1, 0.15) is 6.04 Å². The van der Waals surface area contributed by atoms with Crippen LogP contribution in [0.3, 0.4) is 0 Å². The van der Waals surface area contributed by atoms with E-state index in [1.807, 2.05) is 0 Å². The van der Waals surface area contributed by atoms with E-state index >= 15 is 0 Å². The van der Waals surface area contributed by atoms with Gasteiger partial charge in [0.05, 0.1) is 6.10 Å². The van der Waals surface area contributed by atoms with Crippen molar-refractivity contribution in [2.24, 2.45) is 0 Å². The Morgan fingerprint density at radius 2 is 2.17 bits per heavy atom. The second-order valence-electron chi connectivity index (χ2n) is 5.21. The summed E-state index contributed by atoms with van der Waals surface area (Å²) in [4.78, 5) is 38.6. The van der Waals surface area contributed by atoms with Gasteiger partial charge in [-0.2, -0.15) is 4.79 Å². The summed E-state index contributed by atoms with van der Waals surface area (Å²) in [6.45, 7) is 3.31. The van der Waals surface area contributed by atoms with Crippen molar-refractivity contribution in [3.8, 4) is 0 Å². The van der Waals surface area contributed by atoms with Crippen molar-refractivity contribution in [1.29, 1.82) is 0 Å². The maximum Gasteiger partial charge on any atom is 0.328 e. The van der Waals surface area contributed by atoms with Crippen LogP contribution in [0, 0.1) is 0 Å². The normalized spacial score (nSPS) is 12.8. The molecule has 1 aromatic heterocycles. The van der Waals surface area contributed by atoms with E-state index < -0.39 is 35.9 Å². The van der Waals surface area contributed by atoms with E-state index in [0.717, 1.165) is 0 Å². The molecule has 0 spiro atoms. The highest BCUT2D eigenvalue weighted by atomic mass is 32.1. The van der Waals surface area contributed by atoms with Gasteiger partial charge in [0, 0.05) is 11.3 Å². The Balaban J connectivity index is 2.76. The Hall–Kier alpha value is -2.35. The summed E-state index contributed by atoms with van der Waals surface area (Å²) in [7, 11) is 0. The number of hydrogen-bond acceptors (Lipinski definition) is 6. The van der Waals surface area contributed by atoms with E-state index in [4.69, 9.17) is 10.3 Å². The van der Waals surface area contributed by atoms with E-state index in [-0.39, 0.29) is 12.8 Å². The number of carbonyl (C=O) groups excluding carboxylic acids is 3. The van der Waals surface area contributed by atoms with Gasteiger partial charge in [0.25, 0.3) is 5.91 Å². The molecular formula is C15H19N3O5S. The van der Waals surface area contributed by atoms with Crippen molar-refractivity contribution in [3.63, 3.8) is 0 Å². The zero-order valence-corrected chi connectivity index (χ0v) is 14.2. The topological polar surface area (TPSA) is 129 Å². The highest BCUT2D eigenvalue weighted by molar-refractivity contribution is 7.10. The van der Waals surface area contributed by atoms with Gasteiger partial charge in [-0.05, 0) is 31.7 Å². The van der Waals surface area contributed by atoms with E-state index in [9.17, 15) is 19.5 Å². The first-order valence-electron chi connectivity index (χ1n) is 7.27. The summed E-state index contributed by atoms with van der Waals surface area (Å²) >= 11 is 1.20. The van der Waals surface area contributed by atoms with Gasteiger partial charge in [-0.1, -0.05) is 6.07 Å². The van der Waals surface area contributed by atoms with Gasteiger partial charge < -0.3 is 20.7 Å². The monoisotopic (exact) mass is 353 g/mol. The van der Waals surface area contributed by atoms with Crippen molar-refractivity contribution in [2.75, 3.05) is 0 Å². The van der Waals surface area contributed by atoms with Crippen LogP contribution in [-0.2, 0) is 19.1 Å². The van der Waals surface area contributed by atoms with Crippen molar-refractivity contribution in [2.45, 2.75) is 44.9 Å². The lowest BCUT2D eigenvalue weighted by atomic mass is 10.1. The minimum absolute atomic E-state index is 0.0424. The largest absolute Gasteiger partial charge is 0.461 e. The molecule has 2 N–H and O–H groups in total. The molecular weight excluding hydrogens is 334 g/mol. The van der Waals surface area contributed by atoms with Gasteiger partial charge >= 0.3 is 12.2 Å². The molecule has 0 aliphatic rings. The van der Waals surface area contributed by atoms with Crippen LogP contribution >= 0.6 is 11.3 Å². The molecule has 0 aromatic carbocycles. The van der Waals surface area contributed by atoms with Crippen LogP contribution < -0.4 is 5.32 Å². The number of carbonyl (C=O) groups is 3. The lowest BCUT2D eigenvalue weighted by Gasteiger charge is -2.20. The fourth-order valence-electron chi connectivity index (χ4n) is 1.81. The average Bonchev–Trinajstić information content (AvgIpc) is 3.04. The molecule has 1 aromatic rings. The second kappa shape index (κ2) is 9.71. The van der Waals surface area contributed by atoms with E-state index in [0.29, 0.717) is 11.1 Å². The molecule has 0 saturated heterocycles. The number of rotatable bonds is 9. The quantitative estimate of drug-likeness (QED) is 0.294. The molecule has 130 valence electrons. The zero-order valence-electron chi connectivity index (χ0n) is 13.3. The van der Waals surface area contributed by atoms with Crippen LogP contribution in [0.15, 0.2) is 17.5 Å². The van der Waals surface area contributed by atoms with Crippen LogP contribution in [-0.4, -0.2) is 45.9 Å². The standard InChI is InChI=1S/C15H19N3O5S/c1-9(2)23-15(22)11(6-5-10(19)8-17-16)18-14(21)13(20)12-4-3-7-24-12/h3-4,7-9,11,13,20H,5-6H2,1-2H3,(H,18,21)/t11-,13-/m0/s1. The minimum Gasteiger partial charge on any atom is -0.461 e. The van der Waals surface area contributed by atoms with Crippen molar-refractivity contribution in [1.82, 2.24) is 5.32 Å². The number of ketones is 1. The van der Waals surface area contributed by atoms with Gasteiger partial charge in [0.15, 0.2) is 6.10 Å². The van der Waals surface area contributed by atoms with E-state index in [1.165, 1.54) is 11.3 Å². The van der Waals surface area contributed by atoms with Gasteiger partial charge in [0.2, 0.25) is 5.78 Å². The molecule has 1 rings (SSSR count). The van der Waals surface area contributed by atoms with Crippen LogP contribution in [0.2, 0.25) is 0 Å². The molecule has 1 heterocycles. The number of aliphatic hydroxyl groups excluding tert-OH is 1. The lowest BCUT2D eigenvalue weighted by molar-refractivity contribution is -0.152. The van der Waals surface area contributed by atoms with Crippen molar-refractivity contribution < 1.29 is 29.0 Å². The summed E-state index contributed by atoms with van der Waals surface area (Å²) in [5, 5.41) is 14.1. The molecule has 1 amide bonds. The third kappa shape index (κ3) is 6.41. The summed E-state index contributed by atoms with van der Waals surface area (Å²) in [6.07, 6.45) is -1.26. The SMILES string of the molecule is CC(C)OC(=O)[C@H](CCC(=O)C=[N+]=[N-])NC(=O)[C@@H](O)c1cccs1. The Kier molecular flexibility index (Phi) is 7.97.